The summed E-state index contributed by atoms with van der Waals surface area (Å²) in [7, 11) is 0. The maximum Gasteiger partial charge on any atom is 0.344 e. The summed E-state index contributed by atoms with van der Waals surface area (Å²) in [5.74, 6) is -2.98. The minimum atomic E-state index is -1.32. The summed E-state index contributed by atoms with van der Waals surface area (Å²) in [6.45, 7) is 3.20. The highest BCUT2D eigenvalue weighted by atomic mass is 19.1. The molecule has 0 atom stereocenters. The van der Waals surface area contributed by atoms with Crippen molar-refractivity contribution in [2.75, 3.05) is 0 Å². The first-order valence-electron chi connectivity index (χ1n) is 8.16. The Morgan fingerprint density at radius 2 is 1.68 bits per heavy atom. The summed E-state index contributed by atoms with van der Waals surface area (Å²) >= 11 is 0. The number of aromatic hydroxyl groups is 1. The van der Waals surface area contributed by atoms with Gasteiger partial charge in [-0.25, -0.2) is 9.18 Å². The molecule has 0 fully saturated rings. The number of benzene rings is 2. The van der Waals surface area contributed by atoms with Crippen molar-refractivity contribution in [1.82, 2.24) is 20.4 Å². The lowest BCUT2D eigenvalue weighted by Gasteiger charge is -2.10. The van der Waals surface area contributed by atoms with Crippen LogP contribution < -0.4 is 5.63 Å². The lowest BCUT2D eigenvalue weighted by Crippen LogP contribution is -2.07. The summed E-state index contributed by atoms with van der Waals surface area (Å²) in [5.41, 5.74) is 0.113. The van der Waals surface area contributed by atoms with Crippen LogP contribution >= 0.6 is 0 Å². The van der Waals surface area contributed by atoms with Gasteiger partial charge in [-0.05, 0) is 37.1 Å². The van der Waals surface area contributed by atoms with Gasteiger partial charge in [0.2, 0.25) is 11.6 Å². The minimum absolute atomic E-state index is 0.0442. The molecule has 0 amide bonds. The van der Waals surface area contributed by atoms with Crippen LogP contribution in [-0.2, 0) is 0 Å². The summed E-state index contributed by atoms with van der Waals surface area (Å²) in [5, 5.41) is 25.1. The van der Waals surface area contributed by atoms with Crippen LogP contribution in [0.5, 0.6) is 5.75 Å². The first-order valence-corrected chi connectivity index (χ1v) is 8.16. The van der Waals surface area contributed by atoms with Gasteiger partial charge in [0, 0.05) is 10.9 Å². The van der Waals surface area contributed by atoms with E-state index in [1.54, 1.807) is 38.1 Å². The maximum atomic E-state index is 14.1. The Morgan fingerprint density at radius 3 is 2.39 bits per heavy atom. The molecule has 2 aromatic carbocycles. The average molecular weight is 382 g/mol. The van der Waals surface area contributed by atoms with E-state index in [4.69, 9.17) is 4.42 Å². The molecule has 0 aliphatic rings. The van der Waals surface area contributed by atoms with Crippen LogP contribution in [0.4, 0.5) is 8.78 Å². The zero-order valence-electron chi connectivity index (χ0n) is 14.7. The van der Waals surface area contributed by atoms with E-state index < -0.39 is 28.6 Å². The highest BCUT2D eigenvalue weighted by Crippen LogP contribution is 2.33. The second-order valence-corrected chi connectivity index (χ2v) is 6.14. The van der Waals surface area contributed by atoms with Crippen molar-refractivity contribution in [3.63, 3.8) is 0 Å². The molecule has 4 aromatic rings. The molecule has 0 saturated carbocycles. The number of nitrogens with zero attached hydrogens (tertiary/aromatic N) is 4. The predicted octanol–water partition coefficient (Wildman–Crippen LogP) is 3.31. The van der Waals surface area contributed by atoms with Crippen molar-refractivity contribution in [2.45, 2.75) is 13.8 Å². The molecule has 0 bridgehead atoms. The van der Waals surface area contributed by atoms with Crippen LogP contribution in [0, 0.1) is 25.5 Å². The molecule has 1 N–H and O–H groups in total. The largest absolute Gasteiger partial charge is 0.503 e. The van der Waals surface area contributed by atoms with Gasteiger partial charge in [0.25, 0.3) is 0 Å². The summed E-state index contributed by atoms with van der Waals surface area (Å²) in [4.78, 5) is 12.5. The zero-order valence-corrected chi connectivity index (χ0v) is 14.7. The van der Waals surface area contributed by atoms with Gasteiger partial charge in [0.15, 0.2) is 23.0 Å². The molecule has 0 aliphatic heterocycles. The van der Waals surface area contributed by atoms with E-state index in [1.807, 2.05) is 0 Å². The van der Waals surface area contributed by atoms with Crippen LogP contribution in [0.15, 0.2) is 39.5 Å². The van der Waals surface area contributed by atoms with E-state index in [0.29, 0.717) is 22.5 Å². The Balaban J connectivity index is 1.95. The molecule has 0 unspecified atom stereocenters. The highest BCUT2D eigenvalue weighted by Gasteiger charge is 2.21. The van der Waals surface area contributed by atoms with Crippen LogP contribution in [0.2, 0.25) is 0 Å². The number of hydrogen-bond acceptors (Lipinski definition) is 7. The third kappa shape index (κ3) is 2.77. The Kier molecular flexibility index (Phi) is 4.07. The first kappa shape index (κ1) is 17.7. The van der Waals surface area contributed by atoms with Gasteiger partial charge >= 0.3 is 5.63 Å². The average Bonchev–Trinajstić information content (AvgIpc) is 2.68. The third-order valence-electron chi connectivity index (χ3n) is 4.32. The van der Waals surface area contributed by atoms with Gasteiger partial charge in [-0.3, -0.25) is 0 Å². The molecule has 7 nitrogen and oxygen atoms in total. The number of aromatic nitrogens is 4. The quantitative estimate of drug-likeness (QED) is 0.531. The normalized spacial score (nSPS) is 11.1. The fourth-order valence-electron chi connectivity index (χ4n) is 2.94. The van der Waals surface area contributed by atoms with Crippen LogP contribution in [0.1, 0.15) is 11.4 Å². The van der Waals surface area contributed by atoms with Gasteiger partial charge in [0.1, 0.15) is 0 Å². The molecular formula is C19H12F2N4O3. The molecule has 2 heterocycles. The number of aryl methyl sites for hydroxylation is 2. The van der Waals surface area contributed by atoms with Crippen molar-refractivity contribution >= 4 is 11.0 Å². The van der Waals surface area contributed by atoms with Gasteiger partial charge in [-0.15, -0.1) is 20.4 Å². The molecule has 140 valence electrons. The third-order valence-corrected chi connectivity index (χ3v) is 4.32. The molecule has 0 radical (unpaired) electrons. The Labute approximate surface area is 156 Å². The molecule has 28 heavy (non-hydrogen) atoms. The number of rotatable bonds is 2. The van der Waals surface area contributed by atoms with Gasteiger partial charge in [0.05, 0.1) is 5.56 Å². The zero-order chi connectivity index (χ0) is 20.0. The smallest absolute Gasteiger partial charge is 0.344 e. The first-order chi connectivity index (χ1) is 13.4. The topological polar surface area (TPSA) is 102 Å². The molecular weight excluding hydrogens is 370 g/mol. The van der Waals surface area contributed by atoms with Gasteiger partial charge in [-0.2, -0.15) is 4.39 Å². The van der Waals surface area contributed by atoms with E-state index in [2.05, 4.69) is 20.4 Å². The van der Waals surface area contributed by atoms with Gasteiger partial charge < -0.3 is 9.52 Å². The monoisotopic (exact) mass is 382 g/mol. The van der Waals surface area contributed by atoms with Crippen LogP contribution in [0.3, 0.4) is 0 Å². The molecule has 0 aliphatic carbocycles. The summed E-state index contributed by atoms with van der Waals surface area (Å²) in [6.07, 6.45) is 0. The SMILES string of the molecule is Cc1nnc(-c2cccc(-c3c(C)c4cc(F)c(O)c(F)c4oc3=O)c2)nn1. The van der Waals surface area contributed by atoms with Crippen molar-refractivity contribution in [3.8, 4) is 28.3 Å². The Bertz CT molecular complexity index is 1290. The lowest BCUT2D eigenvalue weighted by molar-refractivity contribution is 0.392. The Hall–Kier alpha value is -3.75. The predicted molar refractivity (Wildman–Crippen MR) is 95.6 cm³/mol. The second-order valence-electron chi connectivity index (χ2n) is 6.14. The number of fused-ring (bicyclic) bond motifs is 1. The fraction of sp³-hybridized carbons (Fsp3) is 0.105. The number of hydrogen-bond donors (Lipinski definition) is 1. The fourth-order valence-corrected chi connectivity index (χ4v) is 2.94. The van der Waals surface area contributed by atoms with E-state index >= 15 is 0 Å². The van der Waals surface area contributed by atoms with Crippen molar-refractivity contribution < 1.29 is 18.3 Å². The maximum absolute atomic E-state index is 14.1. The summed E-state index contributed by atoms with van der Waals surface area (Å²) < 4.78 is 33.0. The molecule has 0 saturated heterocycles. The van der Waals surface area contributed by atoms with Crippen LogP contribution in [-0.4, -0.2) is 25.5 Å². The van der Waals surface area contributed by atoms with E-state index in [0.717, 1.165) is 6.07 Å². The standard InChI is InChI=1S/C19H12F2N4O3/c1-8-12-7-13(20)16(26)15(21)17(12)28-19(27)14(8)10-4-3-5-11(6-10)18-24-22-9(2)23-25-18/h3-7,26H,1-2H3. The number of phenols is 1. The van der Waals surface area contributed by atoms with E-state index in [-0.39, 0.29) is 16.8 Å². The number of phenolic OH excluding ortho intramolecular Hbond substituents is 1. The molecule has 0 spiro atoms. The summed E-state index contributed by atoms with van der Waals surface area (Å²) in [6, 6.07) is 7.60. The molecule has 2 aromatic heterocycles. The number of halogens is 2. The molecule has 4 rings (SSSR count). The van der Waals surface area contributed by atoms with Crippen molar-refractivity contribution in [2.24, 2.45) is 0 Å². The lowest BCUT2D eigenvalue weighted by atomic mass is 9.97. The van der Waals surface area contributed by atoms with Crippen LogP contribution in [0.25, 0.3) is 33.5 Å². The minimum Gasteiger partial charge on any atom is -0.503 e. The van der Waals surface area contributed by atoms with E-state index in [9.17, 15) is 18.7 Å². The van der Waals surface area contributed by atoms with Crippen molar-refractivity contribution in [3.05, 3.63) is 63.8 Å². The highest BCUT2D eigenvalue weighted by molar-refractivity contribution is 5.88. The Morgan fingerprint density at radius 1 is 1.00 bits per heavy atom. The van der Waals surface area contributed by atoms with Gasteiger partial charge in [-0.1, -0.05) is 18.2 Å². The van der Waals surface area contributed by atoms with E-state index in [1.165, 1.54) is 0 Å². The second kappa shape index (κ2) is 6.45. The molecule has 9 heteroatoms. The van der Waals surface area contributed by atoms with Crippen molar-refractivity contribution in [1.29, 1.82) is 0 Å².